The van der Waals surface area contributed by atoms with Crippen molar-refractivity contribution in [1.29, 1.82) is 0 Å². The van der Waals surface area contributed by atoms with Gasteiger partial charge in [-0.3, -0.25) is 9.69 Å². The van der Waals surface area contributed by atoms with Crippen LogP contribution in [0.1, 0.15) is 48.1 Å². The van der Waals surface area contributed by atoms with Crippen LogP contribution < -0.4 is 5.32 Å². The highest BCUT2D eigenvalue weighted by Gasteiger charge is 2.21. The lowest BCUT2D eigenvalue weighted by molar-refractivity contribution is 0.0612. The standard InChI is InChI=1S/C23H24F2N6O/c1-13-4-3-7-30(13)12-17-8-16-11-26-21(10-19(16)27-17)28-22(32)15-5-6-20-18(9-15)14(2)29-31(20)23(24)25/h5-6,8-11,13,23,27H,3-4,7,12H2,1-2H3,(H,26,28,32)/t13-/m0/s1. The molecule has 1 saturated heterocycles. The average molecular weight is 438 g/mol. The third-order valence-corrected chi connectivity index (χ3v) is 6.20. The van der Waals surface area contributed by atoms with Crippen LogP contribution in [-0.4, -0.2) is 43.1 Å². The molecule has 7 nitrogen and oxygen atoms in total. The molecule has 1 amide bonds. The number of fused-ring (bicyclic) bond motifs is 2. The van der Waals surface area contributed by atoms with E-state index < -0.39 is 6.55 Å². The van der Waals surface area contributed by atoms with Gasteiger partial charge in [0.25, 0.3) is 5.91 Å². The van der Waals surface area contributed by atoms with Crippen molar-refractivity contribution in [3.63, 3.8) is 0 Å². The van der Waals surface area contributed by atoms with E-state index in [0.717, 1.165) is 29.7 Å². The molecule has 0 unspecified atom stereocenters. The van der Waals surface area contributed by atoms with Gasteiger partial charge in [0.05, 0.1) is 16.7 Å². The van der Waals surface area contributed by atoms with Crippen molar-refractivity contribution >= 4 is 33.5 Å². The van der Waals surface area contributed by atoms with Gasteiger partial charge < -0.3 is 10.3 Å². The number of rotatable bonds is 5. The van der Waals surface area contributed by atoms with Gasteiger partial charge in [-0.05, 0) is 57.5 Å². The summed E-state index contributed by atoms with van der Waals surface area (Å²) in [5.41, 5.74) is 3.12. The number of pyridine rings is 1. The predicted octanol–water partition coefficient (Wildman–Crippen LogP) is 4.85. The maximum absolute atomic E-state index is 13.1. The van der Waals surface area contributed by atoms with Crippen molar-refractivity contribution in [3.05, 3.63) is 53.5 Å². The predicted molar refractivity (Wildman–Crippen MR) is 119 cm³/mol. The number of aromatic nitrogens is 4. The number of aryl methyl sites for hydroxylation is 1. The van der Waals surface area contributed by atoms with Gasteiger partial charge in [-0.25, -0.2) is 9.67 Å². The summed E-state index contributed by atoms with van der Waals surface area (Å²) in [7, 11) is 0. The molecular weight excluding hydrogens is 414 g/mol. The van der Waals surface area contributed by atoms with Crippen LogP contribution in [0.5, 0.6) is 0 Å². The number of H-pyrrole nitrogens is 1. The number of anilines is 1. The zero-order valence-corrected chi connectivity index (χ0v) is 17.9. The molecule has 0 aliphatic carbocycles. The van der Waals surface area contributed by atoms with E-state index in [-0.39, 0.29) is 5.91 Å². The van der Waals surface area contributed by atoms with Gasteiger partial charge in [0.1, 0.15) is 5.82 Å². The van der Waals surface area contributed by atoms with E-state index in [1.165, 1.54) is 25.0 Å². The zero-order valence-electron chi connectivity index (χ0n) is 17.9. The fourth-order valence-corrected chi connectivity index (χ4v) is 4.46. The Bertz CT molecular complexity index is 1310. The molecule has 3 aromatic heterocycles. The van der Waals surface area contributed by atoms with Crippen LogP contribution in [0.25, 0.3) is 21.8 Å². The average Bonchev–Trinajstić information content (AvgIpc) is 3.45. The summed E-state index contributed by atoms with van der Waals surface area (Å²) in [5.74, 6) is 0.0613. The number of alkyl halides is 2. The normalized spacial score (nSPS) is 17.1. The second-order valence-electron chi connectivity index (χ2n) is 8.41. The number of halogens is 2. The lowest BCUT2D eigenvalue weighted by Crippen LogP contribution is -2.26. The lowest BCUT2D eigenvalue weighted by atomic mass is 10.1. The van der Waals surface area contributed by atoms with E-state index in [9.17, 15) is 13.6 Å². The summed E-state index contributed by atoms with van der Waals surface area (Å²) < 4.78 is 26.9. The third-order valence-electron chi connectivity index (χ3n) is 6.20. The fraction of sp³-hybridized carbons (Fsp3) is 0.348. The number of hydrogen-bond donors (Lipinski definition) is 2. The highest BCUT2D eigenvalue weighted by Crippen LogP contribution is 2.25. The largest absolute Gasteiger partial charge is 0.357 e. The van der Waals surface area contributed by atoms with Gasteiger partial charge in [0.2, 0.25) is 0 Å². The number of amides is 1. The second-order valence-corrected chi connectivity index (χ2v) is 8.41. The molecule has 4 aromatic rings. The molecule has 1 fully saturated rings. The highest BCUT2D eigenvalue weighted by atomic mass is 19.3. The van der Waals surface area contributed by atoms with Crippen molar-refractivity contribution in [1.82, 2.24) is 24.6 Å². The van der Waals surface area contributed by atoms with Crippen molar-refractivity contribution in [2.75, 3.05) is 11.9 Å². The molecule has 1 aromatic carbocycles. The first-order valence-corrected chi connectivity index (χ1v) is 10.7. The Labute approximate surface area is 183 Å². The van der Waals surface area contributed by atoms with E-state index in [1.54, 1.807) is 19.2 Å². The molecular formula is C23H24F2N6O. The minimum absolute atomic E-state index is 0.292. The zero-order chi connectivity index (χ0) is 22.4. The first kappa shape index (κ1) is 20.6. The van der Waals surface area contributed by atoms with E-state index >= 15 is 0 Å². The summed E-state index contributed by atoms with van der Waals surface area (Å²) in [4.78, 5) is 23.0. The van der Waals surface area contributed by atoms with Crippen LogP contribution in [0.3, 0.4) is 0 Å². The monoisotopic (exact) mass is 438 g/mol. The molecule has 166 valence electrons. The van der Waals surface area contributed by atoms with Crippen molar-refractivity contribution in [2.45, 2.75) is 45.8 Å². The third kappa shape index (κ3) is 3.73. The first-order chi connectivity index (χ1) is 15.4. The van der Waals surface area contributed by atoms with Crippen molar-refractivity contribution in [3.8, 4) is 0 Å². The number of carbonyl (C=O) groups excluding carboxylic acids is 1. The Kier molecular flexibility index (Phi) is 5.13. The van der Waals surface area contributed by atoms with E-state index in [2.05, 4.69) is 38.3 Å². The first-order valence-electron chi connectivity index (χ1n) is 10.7. The quantitative estimate of drug-likeness (QED) is 0.467. The van der Waals surface area contributed by atoms with Crippen LogP contribution in [0.15, 0.2) is 36.5 Å². The number of aromatic amines is 1. The minimum atomic E-state index is -2.74. The summed E-state index contributed by atoms with van der Waals surface area (Å²) in [6, 6.07) is 9.07. The molecule has 5 rings (SSSR count). The van der Waals surface area contributed by atoms with Crippen LogP contribution >= 0.6 is 0 Å². The number of hydrogen-bond acceptors (Lipinski definition) is 4. The van der Waals surface area contributed by atoms with Gasteiger partial charge in [-0.2, -0.15) is 13.9 Å². The van der Waals surface area contributed by atoms with Crippen LogP contribution in [0.4, 0.5) is 14.6 Å². The Morgan fingerprint density at radius 3 is 2.91 bits per heavy atom. The Morgan fingerprint density at radius 2 is 2.16 bits per heavy atom. The summed E-state index contributed by atoms with van der Waals surface area (Å²) >= 11 is 0. The van der Waals surface area contributed by atoms with Crippen LogP contribution in [0.2, 0.25) is 0 Å². The van der Waals surface area contributed by atoms with Gasteiger partial charge in [0, 0.05) is 46.9 Å². The number of carbonyl (C=O) groups is 1. The Morgan fingerprint density at radius 1 is 1.31 bits per heavy atom. The number of nitrogens with one attached hydrogen (secondary N) is 2. The Hall–Kier alpha value is -3.33. The van der Waals surface area contributed by atoms with Crippen molar-refractivity contribution in [2.24, 2.45) is 0 Å². The molecule has 0 spiro atoms. The van der Waals surface area contributed by atoms with Crippen LogP contribution in [0, 0.1) is 6.92 Å². The van der Waals surface area contributed by atoms with Crippen LogP contribution in [-0.2, 0) is 6.54 Å². The molecule has 4 heterocycles. The summed E-state index contributed by atoms with van der Waals surface area (Å²) in [6.07, 6.45) is 4.19. The summed E-state index contributed by atoms with van der Waals surface area (Å²) in [5, 5.41) is 8.17. The van der Waals surface area contributed by atoms with Gasteiger partial charge in [0.15, 0.2) is 0 Å². The molecule has 0 saturated carbocycles. The molecule has 0 radical (unpaired) electrons. The maximum atomic E-state index is 13.1. The maximum Gasteiger partial charge on any atom is 0.333 e. The van der Waals surface area contributed by atoms with E-state index in [4.69, 9.17) is 0 Å². The molecule has 1 aliphatic heterocycles. The number of likely N-dealkylation sites (tertiary alicyclic amines) is 1. The SMILES string of the molecule is Cc1nn(C(F)F)c2ccc(C(=O)Nc3cc4[nH]c(CN5CCC[C@@H]5C)cc4cn3)cc12. The fourth-order valence-electron chi connectivity index (χ4n) is 4.46. The summed E-state index contributed by atoms with van der Waals surface area (Å²) in [6.45, 7) is 3.13. The van der Waals surface area contributed by atoms with Crippen molar-refractivity contribution < 1.29 is 13.6 Å². The molecule has 1 atom stereocenters. The van der Waals surface area contributed by atoms with Gasteiger partial charge in [-0.1, -0.05) is 0 Å². The highest BCUT2D eigenvalue weighted by molar-refractivity contribution is 6.06. The molecule has 0 bridgehead atoms. The minimum Gasteiger partial charge on any atom is -0.357 e. The van der Waals surface area contributed by atoms with Gasteiger partial charge >= 0.3 is 6.55 Å². The number of benzene rings is 1. The number of nitrogens with zero attached hydrogens (tertiary/aromatic N) is 4. The molecule has 9 heteroatoms. The van der Waals surface area contributed by atoms with E-state index in [0.29, 0.717) is 38.7 Å². The molecule has 32 heavy (non-hydrogen) atoms. The topological polar surface area (TPSA) is 78.8 Å². The van der Waals surface area contributed by atoms with E-state index in [1.807, 2.05) is 6.07 Å². The molecule has 2 N–H and O–H groups in total. The second kappa shape index (κ2) is 7.98. The smallest absolute Gasteiger partial charge is 0.333 e. The lowest BCUT2D eigenvalue weighted by Gasteiger charge is -2.19. The van der Waals surface area contributed by atoms with Gasteiger partial charge in [-0.15, -0.1) is 0 Å². The molecule has 1 aliphatic rings. The Balaban J connectivity index is 1.35.